The molecule has 0 amide bonds. The lowest BCUT2D eigenvalue weighted by atomic mass is 9.99. The molecule has 2 heteroatoms. The first-order valence-corrected chi connectivity index (χ1v) is 4.96. The molecule has 72 valence electrons. The third-order valence-electron chi connectivity index (χ3n) is 2.90. The van der Waals surface area contributed by atoms with Crippen LogP contribution in [-0.4, -0.2) is 5.54 Å². The standard InChI is InChI=1S/C11H17NO/c1-11(2,9-5-6-9)12-8-10-4-3-7-13-10/h3-4,7,9,12H,5-6,8H2,1-2H3. The first-order valence-electron chi connectivity index (χ1n) is 4.96. The van der Waals surface area contributed by atoms with E-state index in [0.717, 1.165) is 18.2 Å². The SMILES string of the molecule is CC(C)(NCc1ccco1)C1CC1. The van der Waals surface area contributed by atoms with E-state index in [1.807, 2.05) is 12.1 Å². The van der Waals surface area contributed by atoms with E-state index in [1.54, 1.807) is 6.26 Å². The second-order valence-corrected chi connectivity index (χ2v) is 4.43. The van der Waals surface area contributed by atoms with Crippen molar-refractivity contribution in [2.24, 2.45) is 5.92 Å². The lowest BCUT2D eigenvalue weighted by Gasteiger charge is -2.25. The first-order chi connectivity index (χ1) is 6.18. The van der Waals surface area contributed by atoms with Crippen molar-refractivity contribution in [1.29, 1.82) is 0 Å². The predicted octanol–water partition coefficient (Wildman–Crippen LogP) is 2.56. The molecule has 0 radical (unpaired) electrons. The fourth-order valence-corrected chi connectivity index (χ4v) is 1.68. The number of hydrogen-bond acceptors (Lipinski definition) is 2. The van der Waals surface area contributed by atoms with Gasteiger partial charge >= 0.3 is 0 Å². The molecule has 1 saturated carbocycles. The number of furan rings is 1. The topological polar surface area (TPSA) is 25.2 Å². The highest BCUT2D eigenvalue weighted by Crippen LogP contribution is 2.39. The van der Waals surface area contributed by atoms with E-state index in [9.17, 15) is 0 Å². The minimum Gasteiger partial charge on any atom is -0.468 e. The molecule has 1 aliphatic rings. The van der Waals surface area contributed by atoms with Gasteiger partial charge in [-0.05, 0) is 44.7 Å². The Balaban J connectivity index is 1.84. The Bertz CT molecular complexity index is 260. The number of nitrogens with one attached hydrogen (secondary N) is 1. The monoisotopic (exact) mass is 179 g/mol. The number of hydrogen-bond donors (Lipinski definition) is 1. The van der Waals surface area contributed by atoms with E-state index in [2.05, 4.69) is 19.2 Å². The Morgan fingerprint density at radius 2 is 2.31 bits per heavy atom. The molecule has 0 aromatic carbocycles. The fourth-order valence-electron chi connectivity index (χ4n) is 1.68. The quantitative estimate of drug-likeness (QED) is 0.768. The molecule has 2 nitrogen and oxygen atoms in total. The van der Waals surface area contributed by atoms with Crippen LogP contribution in [0.2, 0.25) is 0 Å². The first kappa shape index (κ1) is 8.82. The highest BCUT2D eigenvalue weighted by molar-refractivity contribution is 5.01. The van der Waals surface area contributed by atoms with Gasteiger partial charge in [-0.15, -0.1) is 0 Å². The molecule has 1 aromatic rings. The van der Waals surface area contributed by atoms with Gasteiger partial charge < -0.3 is 9.73 Å². The van der Waals surface area contributed by atoms with Gasteiger partial charge in [0.2, 0.25) is 0 Å². The maximum Gasteiger partial charge on any atom is 0.117 e. The van der Waals surface area contributed by atoms with Crippen molar-refractivity contribution >= 4 is 0 Å². The Morgan fingerprint density at radius 3 is 2.85 bits per heavy atom. The van der Waals surface area contributed by atoms with Crippen LogP contribution in [0.4, 0.5) is 0 Å². The van der Waals surface area contributed by atoms with Crippen molar-refractivity contribution in [3.05, 3.63) is 24.2 Å². The van der Waals surface area contributed by atoms with Crippen LogP contribution in [0.1, 0.15) is 32.4 Å². The molecule has 0 bridgehead atoms. The van der Waals surface area contributed by atoms with E-state index in [4.69, 9.17) is 4.42 Å². The van der Waals surface area contributed by atoms with Crippen LogP contribution in [0.25, 0.3) is 0 Å². The molecule has 0 atom stereocenters. The summed E-state index contributed by atoms with van der Waals surface area (Å²) in [4.78, 5) is 0. The predicted molar refractivity (Wildman–Crippen MR) is 52.4 cm³/mol. The molecule has 1 aliphatic carbocycles. The Labute approximate surface area is 79.3 Å². The van der Waals surface area contributed by atoms with Gasteiger partial charge in [0.05, 0.1) is 12.8 Å². The summed E-state index contributed by atoms with van der Waals surface area (Å²) < 4.78 is 5.27. The van der Waals surface area contributed by atoms with Gasteiger partial charge in [-0.25, -0.2) is 0 Å². The van der Waals surface area contributed by atoms with E-state index < -0.39 is 0 Å². The highest BCUT2D eigenvalue weighted by Gasteiger charge is 2.37. The second-order valence-electron chi connectivity index (χ2n) is 4.43. The van der Waals surface area contributed by atoms with Crippen LogP contribution in [0.3, 0.4) is 0 Å². The summed E-state index contributed by atoms with van der Waals surface area (Å²) in [6.45, 7) is 5.39. The third-order valence-corrected chi connectivity index (χ3v) is 2.90. The summed E-state index contributed by atoms with van der Waals surface area (Å²) in [7, 11) is 0. The molecule has 1 heterocycles. The smallest absolute Gasteiger partial charge is 0.117 e. The molecule has 0 aliphatic heterocycles. The van der Waals surface area contributed by atoms with Crippen molar-refractivity contribution in [2.75, 3.05) is 0 Å². The molecule has 0 spiro atoms. The minimum absolute atomic E-state index is 0.271. The zero-order valence-corrected chi connectivity index (χ0v) is 8.34. The zero-order valence-electron chi connectivity index (χ0n) is 8.34. The fraction of sp³-hybridized carbons (Fsp3) is 0.636. The molecule has 1 N–H and O–H groups in total. The lowest BCUT2D eigenvalue weighted by molar-refractivity contribution is 0.322. The van der Waals surface area contributed by atoms with Crippen molar-refractivity contribution in [1.82, 2.24) is 5.32 Å². The molecule has 0 unspecified atom stereocenters. The van der Waals surface area contributed by atoms with Gasteiger partial charge in [0.25, 0.3) is 0 Å². The molecular formula is C11H17NO. The van der Waals surface area contributed by atoms with Crippen LogP contribution in [0.5, 0.6) is 0 Å². The second kappa shape index (κ2) is 3.18. The van der Waals surface area contributed by atoms with Gasteiger partial charge in [0, 0.05) is 5.54 Å². The summed E-state index contributed by atoms with van der Waals surface area (Å²) in [5.74, 6) is 1.89. The molecule has 13 heavy (non-hydrogen) atoms. The molecule has 0 saturated heterocycles. The van der Waals surface area contributed by atoms with Crippen LogP contribution in [-0.2, 0) is 6.54 Å². The van der Waals surface area contributed by atoms with Crippen molar-refractivity contribution in [3.8, 4) is 0 Å². The number of rotatable bonds is 4. The van der Waals surface area contributed by atoms with Gasteiger partial charge in [0.1, 0.15) is 5.76 Å². The summed E-state index contributed by atoms with van der Waals surface area (Å²) in [5.41, 5.74) is 0.271. The Hall–Kier alpha value is -0.760. The van der Waals surface area contributed by atoms with Gasteiger partial charge in [-0.2, -0.15) is 0 Å². The maximum atomic E-state index is 5.27. The van der Waals surface area contributed by atoms with Crippen molar-refractivity contribution in [2.45, 2.75) is 38.8 Å². The summed E-state index contributed by atoms with van der Waals surface area (Å²) in [6, 6.07) is 3.94. The van der Waals surface area contributed by atoms with E-state index in [1.165, 1.54) is 12.8 Å². The van der Waals surface area contributed by atoms with E-state index in [-0.39, 0.29) is 5.54 Å². The van der Waals surface area contributed by atoms with Crippen molar-refractivity contribution < 1.29 is 4.42 Å². The average molecular weight is 179 g/mol. The summed E-state index contributed by atoms with van der Waals surface area (Å²) in [6.07, 6.45) is 4.47. The lowest BCUT2D eigenvalue weighted by Crippen LogP contribution is -2.40. The van der Waals surface area contributed by atoms with Crippen LogP contribution < -0.4 is 5.32 Å². The van der Waals surface area contributed by atoms with E-state index >= 15 is 0 Å². The van der Waals surface area contributed by atoms with Crippen LogP contribution >= 0.6 is 0 Å². The molecule has 1 aromatic heterocycles. The van der Waals surface area contributed by atoms with E-state index in [0.29, 0.717) is 0 Å². The normalized spacial score (nSPS) is 17.7. The summed E-state index contributed by atoms with van der Waals surface area (Å²) >= 11 is 0. The maximum absolute atomic E-state index is 5.27. The van der Waals surface area contributed by atoms with Crippen LogP contribution in [0, 0.1) is 5.92 Å². The Morgan fingerprint density at radius 1 is 1.54 bits per heavy atom. The third kappa shape index (κ3) is 2.13. The zero-order chi connectivity index (χ0) is 9.31. The molecule has 2 rings (SSSR count). The highest BCUT2D eigenvalue weighted by atomic mass is 16.3. The van der Waals surface area contributed by atoms with Crippen LogP contribution in [0.15, 0.2) is 22.8 Å². The molecular weight excluding hydrogens is 162 g/mol. The van der Waals surface area contributed by atoms with Gasteiger partial charge in [-0.1, -0.05) is 0 Å². The largest absolute Gasteiger partial charge is 0.468 e. The Kier molecular flexibility index (Phi) is 2.16. The van der Waals surface area contributed by atoms with Gasteiger partial charge in [0.15, 0.2) is 0 Å². The van der Waals surface area contributed by atoms with Gasteiger partial charge in [-0.3, -0.25) is 0 Å². The van der Waals surface area contributed by atoms with Crippen molar-refractivity contribution in [3.63, 3.8) is 0 Å². The summed E-state index contributed by atoms with van der Waals surface area (Å²) in [5, 5.41) is 3.53. The molecule has 1 fully saturated rings. The average Bonchev–Trinajstić information content (AvgIpc) is 2.82. The minimum atomic E-state index is 0.271.